The van der Waals surface area contributed by atoms with Gasteiger partial charge >= 0.3 is 11.9 Å². The molecular weight excluding hydrogens is 723 g/mol. The molecule has 9 nitrogen and oxygen atoms in total. The first-order chi connectivity index (χ1) is 28.5. The van der Waals surface area contributed by atoms with Gasteiger partial charge in [-0.25, -0.2) is 0 Å². The van der Waals surface area contributed by atoms with Crippen molar-refractivity contribution >= 4 is 11.9 Å². The lowest BCUT2D eigenvalue weighted by atomic mass is 10.0. The molecule has 0 aliphatic heterocycles. The van der Waals surface area contributed by atoms with E-state index in [1.54, 1.807) is 6.20 Å². The number of ether oxygens (including phenoxy) is 2. The molecule has 0 spiro atoms. The number of nitrogens with one attached hydrogen (secondary N) is 3. The van der Waals surface area contributed by atoms with E-state index >= 15 is 0 Å². The van der Waals surface area contributed by atoms with Gasteiger partial charge in [0.1, 0.15) is 11.9 Å². The molecule has 0 unspecified atom stereocenters. The van der Waals surface area contributed by atoms with Crippen LogP contribution in [0.25, 0.3) is 0 Å². The summed E-state index contributed by atoms with van der Waals surface area (Å²) in [6, 6.07) is 0. The van der Waals surface area contributed by atoms with Gasteiger partial charge < -0.3 is 25.0 Å². The van der Waals surface area contributed by atoms with Crippen LogP contribution >= 0.6 is 0 Å². The van der Waals surface area contributed by atoms with Crippen molar-refractivity contribution < 1.29 is 19.1 Å². The lowest BCUT2D eigenvalue weighted by Crippen LogP contribution is -2.31. The average molecular weight is 818 g/mol. The fraction of sp³-hybridized carbons (Fsp3) is 0.898. The number of nitriles is 1. The highest BCUT2D eigenvalue weighted by molar-refractivity contribution is 5.69. The summed E-state index contributed by atoms with van der Waals surface area (Å²) in [6.07, 6.45) is 42.9. The minimum absolute atomic E-state index is 0.0140. The number of nitrogens with zero attached hydrogens (tertiary/aromatic N) is 2. The quantitative estimate of drug-likeness (QED) is 0.0239. The number of hydrogen-bond acceptors (Lipinski definition) is 9. The number of hydrogen-bond donors (Lipinski definition) is 3. The van der Waals surface area contributed by atoms with Crippen LogP contribution in [0.15, 0.2) is 12.0 Å². The molecule has 3 N–H and O–H groups in total. The summed E-state index contributed by atoms with van der Waals surface area (Å²) in [6.45, 7) is 11.4. The second-order valence-electron chi connectivity index (χ2n) is 16.8. The molecule has 0 bridgehead atoms. The second-order valence-corrected chi connectivity index (χ2v) is 16.8. The third-order valence-electron chi connectivity index (χ3n) is 11.3. The highest BCUT2D eigenvalue weighted by Crippen LogP contribution is 2.19. The van der Waals surface area contributed by atoms with Crippen molar-refractivity contribution in [1.29, 1.82) is 5.26 Å². The second kappa shape index (κ2) is 45.6. The van der Waals surface area contributed by atoms with Crippen molar-refractivity contribution in [2.24, 2.45) is 0 Å². The molecule has 0 heterocycles. The van der Waals surface area contributed by atoms with Crippen molar-refractivity contribution in [3.8, 4) is 6.19 Å². The largest absolute Gasteiger partial charge is 0.466 e. The van der Waals surface area contributed by atoms with Crippen molar-refractivity contribution in [2.75, 3.05) is 39.8 Å². The fourth-order valence-corrected chi connectivity index (χ4v) is 7.58. The molecule has 0 aromatic heterocycles. The summed E-state index contributed by atoms with van der Waals surface area (Å²) in [5.74, 6) is 0.793. The summed E-state index contributed by atoms with van der Waals surface area (Å²) in [4.78, 5) is 27.6. The number of unbranched alkanes of at least 4 members (excludes halogenated alkanes) is 24. The van der Waals surface area contributed by atoms with Gasteiger partial charge in [-0.2, -0.15) is 5.26 Å². The monoisotopic (exact) mass is 818 g/mol. The minimum atomic E-state index is -0.0309. The molecule has 58 heavy (non-hydrogen) atoms. The first-order valence-electron chi connectivity index (χ1n) is 24.8. The summed E-state index contributed by atoms with van der Waals surface area (Å²) < 4.78 is 11.5. The maximum atomic E-state index is 12.8. The van der Waals surface area contributed by atoms with Gasteiger partial charge in [0.2, 0.25) is 0 Å². The first kappa shape index (κ1) is 55.5. The van der Waals surface area contributed by atoms with E-state index in [1.165, 1.54) is 135 Å². The van der Waals surface area contributed by atoms with Gasteiger partial charge in [0.25, 0.3) is 0 Å². The molecule has 0 aliphatic rings. The van der Waals surface area contributed by atoms with E-state index in [0.717, 1.165) is 103 Å². The Morgan fingerprint density at radius 1 is 0.569 bits per heavy atom. The van der Waals surface area contributed by atoms with Gasteiger partial charge in [0.05, 0.1) is 12.8 Å². The standard InChI is InChI=1S/C49H95N5O4/c1-5-8-11-14-17-26-33-43-57-48(55)37-29-22-18-24-31-40-54(42-34-39-53-47(51-4)44-52-45-50)41-32-25-19-23-30-38-49(56)58-46(35-27-20-15-12-9-6-2)36-28-21-16-13-10-7-3/h44,46,51-53H,5-43H2,1-4H3/b47-44+. The zero-order valence-corrected chi connectivity index (χ0v) is 38.8. The van der Waals surface area contributed by atoms with Gasteiger partial charge in [0, 0.05) is 26.4 Å². The van der Waals surface area contributed by atoms with E-state index < -0.39 is 0 Å². The first-order valence-corrected chi connectivity index (χ1v) is 24.8. The van der Waals surface area contributed by atoms with Gasteiger partial charge in [-0.1, -0.05) is 162 Å². The zero-order chi connectivity index (χ0) is 42.4. The van der Waals surface area contributed by atoms with Crippen LogP contribution in [0.3, 0.4) is 0 Å². The zero-order valence-electron chi connectivity index (χ0n) is 38.8. The molecule has 9 heteroatoms. The third kappa shape index (κ3) is 40.3. The number of carbonyl (C=O) groups is 2. The minimum Gasteiger partial charge on any atom is -0.466 e. The maximum Gasteiger partial charge on any atom is 0.306 e. The smallest absolute Gasteiger partial charge is 0.306 e. The number of esters is 2. The van der Waals surface area contributed by atoms with E-state index in [0.29, 0.717) is 19.4 Å². The van der Waals surface area contributed by atoms with E-state index in [9.17, 15) is 9.59 Å². The molecule has 0 aliphatic carbocycles. The molecule has 0 fully saturated rings. The summed E-state index contributed by atoms with van der Waals surface area (Å²) >= 11 is 0. The van der Waals surface area contributed by atoms with Crippen LogP contribution in [0.1, 0.15) is 239 Å². The molecule has 0 saturated heterocycles. The van der Waals surface area contributed by atoms with Gasteiger partial charge in [-0.15, -0.1) is 0 Å². The Kier molecular flexibility index (Phi) is 43.7. The molecule has 0 radical (unpaired) electrons. The predicted molar refractivity (Wildman–Crippen MR) is 245 cm³/mol. The van der Waals surface area contributed by atoms with Crippen LogP contribution in [0, 0.1) is 11.5 Å². The van der Waals surface area contributed by atoms with Crippen LogP contribution in [0.2, 0.25) is 0 Å². The molecule has 0 amide bonds. The lowest BCUT2D eigenvalue weighted by Gasteiger charge is -2.23. The molecule has 0 aromatic rings. The fourth-order valence-electron chi connectivity index (χ4n) is 7.58. The topological polar surface area (TPSA) is 116 Å². The Hall–Kier alpha value is -2.47. The highest BCUT2D eigenvalue weighted by Gasteiger charge is 2.14. The van der Waals surface area contributed by atoms with E-state index in [-0.39, 0.29) is 18.0 Å². The Morgan fingerprint density at radius 2 is 1.00 bits per heavy atom. The van der Waals surface area contributed by atoms with Gasteiger partial charge in [-0.05, 0) is 83.8 Å². The number of carbonyl (C=O) groups excluding carboxylic acids is 2. The van der Waals surface area contributed by atoms with E-state index in [4.69, 9.17) is 14.7 Å². The molecule has 340 valence electrons. The van der Waals surface area contributed by atoms with Crippen LogP contribution in [0.4, 0.5) is 0 Å². The van der Waals surface area contributed by atoms with E-state index in [1.807, 2.05) is 13.2 Å². The van der Waals surface area contributed by atoms with E-state index in [2.05, 4.69) is 41.6 Å². The number of rotatable bonds is 46. The summed E-state index contributed by atoms with van der Waals surface area (Å²) in [7, 11) is 1.85. The SMILES string of the molecule is CCCCCCCCCOC(=O)CCCCCCCN(CCCCCCCC(=O)OC(CCCCCCCC)CCCCCCCC)CCCN/C(=C/NC#N)NC. The van der Waals surface area contributed by atoms with Crippen molar-refractivity contribution in [3.63, 3.8) is 0 Å². The van der Waals surface area contributed by atoms with Crippen molar-refractivity contribution in [2.45, 2.75) is 245 Å². The Balaban J connectivity index is 4.47. The van der Waals surface area contributed by atoms with Crippen LogP contribution in [0.5, 0.6) is 0 Å². The van der Waals surface area contributed by atoms with Gasteiger partial charge in [-0.3, -0.25) is 14.9 Å². The third-order valence-corrected chi connectivity index (χ3v) is 11.3. The Morgan fingerprint density at radius 3 is 1.50 bits per heavy atom. The van der Waals surface area contributed by atoms with Gasteiger partial charge in [0.15, 0.2) is 6.19 Å². The molecule has 0 rings (SSSR count). The van der Waals surface area contributed by atoms with Crippen molar-refractivity contribution in [3.05, 3.63) is 12.0 Å². The molecule has 0 atom stereocenters. The molecular formula is C49H95N5O4. The normalized spacial score (nSPS) is 11.6. The Bertz CT molecular complexity index is 955. The average Bonchev–Trinajstić information content (AvgIpc) is 3.22. The molecule has 0 saturated carbocycles. The van der Waals surface area contributed by atoms with Crippen LogP contribution < -0.4 is 16.0 Å². The van der Waals surface area contributed by atoms with Crippen LogP contribution in [-0.2, 0) is 19.1 Å². The predicted octanol–water partition coefficient (Wildman–Crippen LogP) is 12.7. The molecule has 0 aromatic carbocycles. The van der Waals surface area contributed by atoms with Crippen LogP contribution in [-0.4, -0.2) is 62.8 Å². The Labute approximate surface area is 359 Å². The lowest BCUT2D eigenvalue weighted by molar-refractivity contribution is -0.150. The summed E-state index contributed by atoms with van der Waals surface area (Å²) in [5, 5.41) is 17.8. The summed E-state index contributed by atoms with van der Waals surface area (Å²) in [5.41, 5.74) is 0. The van der Waals surface area contributed by atoms with Crippen molar-refractivity contribution in [1.82, 2.24) is 20.9 Å². The maximum absolute atomic E-state index is 12.8. The highest BCUT2D eigenvalue weighted by atomic mass is 16.5.